The highest BCUT2D eigenvalue weighted by Crippen LogP contribution is 2.29. The number of carbonyl (C=O) groups is 1. The molecule has 1 aliphatic heterocycles. The molecule has 1 amide bonds. The molecule has 2 heterocycles. The molecule has 0 bridgehead atoms. The lowest BCUT2D eigenvalue weighted by Crippen LogP contribution is -2.34. The number of nitrogens with zero attached hydrogens (tertiary/aromatic N) is 1. The Morgan fingerprint density at radius 2 is 2.17 bits per heavy atom. The van der Waals surface area contributed by atoms with E-state index in [4.69, 9.17) is 4.42 Å². The standard InChI is InChI=1S/C16H18N2O4S/c1-23(20,21)18-8-2-4-12-10-13(6-7-15(12)18)16(19)17-11-14-5-3-9-22-14/h3,5-7,9-10H,2,4,8,11H2,1H3,(H,17,19). The number of carbonyl (C=O) groups excluding carboxylic acids is 1. The normalized spacial score (nSPS) is 14.4. The van der Waals surface area contributed by atoms with Crippen molar-refractivity contribution in [2.45, 2.75) is 19.4 Å². The lowest BCUT2D eigenvalue weighted by Gasteiger charge is -2.29. The Balaban J connectivity index is 1.79. The molecular weight excluding hydrogens is 316 g/mol. The minimum Gasteiger partial charge on any atom is -0.467 e. The molecule has 7 heteroatoms. The number of amides is 1. The molecule has 6 nitrogen and oxygen atoms in total. The average molecular weight is 334 g/mol. The summed E-state index contributed by atoms with van der Waals surface area (Å²) in [6, 6.07) is 8.68. The van der Waals surface area contributed by atoms with E-state index in [1.54, 1.807) is 36.6 Å². The summed E-state index contributed by atoms with van der Waals surface area (Å²) in [4.78, 5) is 12.2. The molecule has 0 atom stereocenters. The second kappa shape index (κ2) is 6.08. The third-order valence-electron chi connectivity index (χ3n) is 3.82. The number of sulfonamides is 1. The maximum absolute atomic E-state index is 12.2. The fraction of sp³-hybridized carbons (Fsp3) is 0.312. The minimum atomic E-state index is -3.29. The third kappa shape index (κ3) is 3.39. The van der Waals surface area contributed by atoms with Gasteiger partial charge in [0.15, 0.2) is 0 Å². The molecule has 1 aliphatic rings. The molecule has 0 aliphatic carbocycles. The maximum atomic E-state index is 12.2. The van der Waals surface area contributed by atoms with Crippen molar-refractivity contribution in [3.05, 3.63) is 53.5 Å². The molecule has 122 valence electrons. The fourth-order valence-corrected chi connectivity index (χ4v) is 3.73. The molecule has 0 radical (unpaired) electrons. The van der Waals surface area contributed by atoms with Crippen molar-refractivity contribution in [1.82, 2.24) is 5.32 Å². The molecule has 0 spiro atoms. The first-order chi connectivity index (χ1) is 10.9. The van der Waals surface area contributed by atoms with E-state index >= 15 is 0 Å². The van der Waals surface area contributed by atoms with Gasteiger partial charge in [-0.3, -0.25) is 9.10 Å². The first-order valence-electron chi connectivity index (χ1n) is 7.36. The molecule has 0 saturated heterocycles. The monoisotopic (exact) mass is 334 g/mol. The zero-order valence-electron chi connectivity index (χ0n) is 12.8. The number of nitrogens with one attached hydrogen (secondary N) is 1. The maximum Gasteiger partial charge on any atom is 0.251 e. The van der Waals surface area contributed by atoms with Crippen LogP contribution in [-0.2, 0) is 23.0 Å². The largest absolute Gasteiger partial charge is 0.467 e. The van der Waals surface area contributed by atoms with Gasteiger partial charge in [-0.15, -0.1) is 0 Å². The number of aryl methyl sites for hydroxylation is 1. The molecule has 0 saturated carbocycles. The Labute approximate surface area is 135 Å². The zero-order valence-corrected chi connectivity index (χ0v) is 13.6. The van der Waals surface area contributed by atoms with E-state index in [1.165, 1.54) is 10.6 Å². The number of furan rings is 1. The molecule has 0 unspecified atom stereocenters. The summed E-state index contributed by atoms with van der Waals surface area (Å²) in [7, 11) is -3.29. The van der Waals surface area contributed by atoms with Gasteiger partial charge in [0, 0.05) is 12.1 Å². The number of benzene rings is 1. The lowest BCUT2D eigenvalue weighted by atomic mass is 10.0. The Hall–Kier alpha value is -2.28. The van der Waals surface area contributed by atoms with Crippen LogP contribution in [0.3, 0.4) is 0 Å². The quantitative estimate of drug-likeness (QED) is 0.926. The predicted molar refractivity (Wildman–Crippen MR) is 86.8 cm³/mol. The molecular formula is C16H18N2O4S. The summed E-state index contributed by atoms with van der Waals surface area (Å²) in [5.74, 6) is 0.472. The molecule has 1 N–H and O–H groups in total. The second-order valence-corrected chi connectivity index (χ2v) is 7.45. The molecule has 1 aromatic carbocycles. The smallest absolute Gasteiger partial charge is 0.251 e. The Bertz CT molecular complexity index is 813. The van der Waals surface area contributed by atoms with Crippen molar-refractivity contribution in [3.63, 3.8) is 0 Å². The van der Waals surface area contributed by atoms with E-state index in [0.717, 1.165) is 18.4 Å². The van der Waals surface area contributed by atoms with Crippen molar-refractivity contribution in [2.75, 3.05) is 17.1 Å². The zero-order chi connectivity index (χ0) is 16.4. The molecule has 1 aromatic heterocycles. The highest BCUT2D eigenvalue weighted by atomic mass is 32.2. The van der Waals surface area contributed by atoms with Crippen LogP contribution in [0.15, 0.2) is 41.0 Å². The summed E-state index contributed by atoms with van der Waals surface area (Å²) >= 11 is 0. The average Bonchev–Trinajstić information content (AvgIpc) is 3.04. The fourth-order valence-electron chi connectivity index (χ4n) is 2.73. The van der Waals surface area contributed by atoms with Gasteiger partial charge >= 0.3 is 0 Å². The number of hydrogen-bond acceptors (Lipinski definition) is 4. The number of rotatable bonds is 4. The first kappa shape index (κ1) is 15.6. The minimum absolute atomic E-state index is 0.208. The van der Waals surface area contributed by atoms with Crippen LogP contribution in [0.2, 0.25) is 0 Å². The van der Waals surface area contributed by atoms with Crippen molar-refractivity contribution >= 4 is 21.6 Å². The lowest BCUT2D eigenvalue weighted by molar-refractivity contribution is 0.0948. The second-order valence-electron chi connectivity index (χ2n) is 5.54. The predicted octanol–water partition coefficient (Wildman–Crippen LogP) is 1.92. The van der Waals surface area contributed by atoms with Gasteiger partial charge in [0.25, 0.3) is 5.91 Å². The molecule has 23 heavy (non-hydrogen) atoms. The van der Waals surface area contributed by atoms with Gasteiger partial charge in [-0.25, -0.2) is 8.42 Å². The van der Waals surface area contributed by atoms with E-state index in [0.29, 0.717) is 30.1 Å². The summed E-state index contributed by atoms with van der Waals surface area (Å²) in [6.07, 6.45) is 4.27. The van der Waals surface area contributed by atoms with Crippen molar-refractivity contribution < 1.29 is 17.6 Å². The topological polar surface area (TPSA) is 79.6 Å². The summed E-state index contributed by atoms with van der Waals surface area (Å²) in [5, 5.41) is 2.79. The van der Waals surface area contributed by atoms with Gasteiger partial charge in [-0.1, -0.05) is 0 Å². The molecule has 3 rings (SSSR count). The van der Waals surface area contributed by atoms with Gasteiger partial charge in [0.05, 0.1) is 24.8 Å². The van der Waals surface area contributed by atoms with Crippen LogP contribution in [0.5, 0.6) is 0 Å². The van der Waals surface area contributed by atoms with Gasteiger partial charge in [-0.2, -0.15) is 0 Å². The number of hydrogen-bond donors (Lipinski definition) is 1. The summed E-state index contributed by atoms with van der Waals surface area (Å²) in [5.41, 5.74) is 2.07. The van der Waals surface area contributed by atoms with Crippen LogP contribution < -0.4 is 9.62 Å². The van der Waals surface area contributed by atoms with Crippen molar-refractivity contribution in [1.29, 1.82) is 0 Å². The number of anilines is 1. The Morgan fingerprint density at radius 1 is 1.35 bits per heavy atom. The van der Waals surface area contributed by atoms with E-state index in [-0.39, 0.29) is 5.91 Å². The van der Waals surface area contributed by atoms with Gasteiger partial charge in [0.2, 0.25) is 10.0 Å². The van der Waals surface area contributed by atoms with Crippen molar-refractivity contribution in [2.24, 2.45) is 0 Å². The highest BCUT2D eigenvalue weighted by Gasteiger charge is 2.24. The van der Waals surface area contributed by atoms with E-state index in [1.807, 2.05) is 0 Å². The molecule has 2 aromatic rings. The van der Waals surface area contributed by atoms with Crippen LogP contribution in [0.1, 0.15) is 28.1 Å². The van der Waals surface area contributed by atoms with Crippen LogP contribution in [0, 0.1) is 0 Å². The third-order valence-corrected chi connectivity index (χ3v) is 5.00. The van der Waals surface area contributed by atoms with Crippen LogP contribution >= 0.6 is 0 Å². The summed E-state index contributed by atoms with van der Waals surface area (Å²) < 4.78 is 30.2. The van der Waals surface area contributed by atoms with E-state index in [2.05, 4.69) is 5.32 Å². The highest BCUT2D eigenvalue weighted by molar-refractivity contribution is 7.92. The first-order valence-corrected chi connectivity index (χ1v) is 9.21. The van der Waals surface area contributed by atoms with E-state index in [9.17, 15) is 13.2 Å². The van der Waals surface area contributed by atoms with Crippen molar-refractivity contribution in [3.8, 4) is 0 Å². The van der Waals surface area contributed by atoms with Gasteiger partial charge < -0.3 is 9.73 Å². The van der Waals surface area contributed by atoms with Gasteiger partial charge in [-0.05, 0) is 48.7 Å². The number of fused-ring (bicyclic) bond motifs is 1. The van der Waals surface area contributed by atoms with E-state index < -0.39 is 10.0 Å². The summed E-state index contributed by atoms with van der Waals surface area (Å²) in [6.45, 7) is 0.800. The van der Waals surface area contributed by atoms with Crippen LogP contribution in [0.4, 0.5) is 5.69 Å². The van der Waals surface area contributed by atoms with Gasteiger partial charge in [0.1, 0.15) is 5.76 Å². The molecule has 0 fully saturated rings. The Kier molecular flexibility index (Phi) is 4.12. The van der Waals surface area contributed by atoms with Crippen LogP contribution in [0.25, 0.3) is 0 Å². The SMILES string of the molecule is CS(=O)(=O)N1CCCc2cc(C(=O)NCc3ccco3)ccc21. The van der Waals surface area contributed by atoms with Crippen LogP contribution in [-0.4, -0.2) is 27.1 Å². The Morgan fingerprint density at radius 3 is 2.87 bits per heavy atom.